The van der Waals surface area contributed by atoms with E-state index in [4.69, 9.17) is 10.5 Å². The molecule has 0 saturated carbocycles. The second-order valence-electron chi connectivity index (χ2n) is 5.51. The van der Waals surface area contributed by atoms with Crippen LogP contribution in [0.5, 0.6) is 0 Å². The highest BCUT2D eigenvalue weighted by molar-refractivity contribution is 7.91. The number of hydrogen-bond donors (Lipinski definition) is 1. The standard InChI is InChI=1S/C14H21NO4S/c1-5-19-13(16)11-8-10(6-7-12(11)15)9-20(17,18)14(2,3)4/h6-8H,5,9,15H2,1-4H3. The van der Waals surface area contributed by atoms with Gasteiger partial charge in [0.05, 0.1) is 22.7 Å². The Hall–Kier alpha value is -1.56. The summed E-state index contributed by atoms with van der Waals surface area (Å²) in [7, 11) is -3.31. The lowest BCUT2D eigenvalue weighted by atomic mass is 10.1. The quantitative estimate of drug-likeness (QED) is 0.680. The monoisotopic (exact) mass is 299 g/mol. The minimum absolute atomic E-state index is 0.136. The minimum atomic E-state index is -3.31. The van der Waals surface area contributed by atoms with E-state index in [-0.39, 0.29) is 23.6 Å². The summed E-state index contributed by atoms with van der Waals surface area (Å²) >= 11 is 0. The Balaban J connectivity index is 3.11. The average Bonchev–Trinajstić information content (AvgIpc) is 2.30. The summed E-state index contributed by atoms with van der Waals surface area (Å²) in [5, 5.41) is 0. The molecule has 0 aromatic heterocycles. The second kappa shape index (κ2) is 5.83. The van der Waals surface area contributed by atoms with Crippen molar-refractivity contribution in [2.24, 2.45) is 0 Å². The van der Waals surface area contributed by atoms with E-state index < -0.39 is 20.6 Å². The van der Waals surface area contributed by atoms with E-state index in [1.807, 2.05) is 0 Å². The number of sulfone groups is 1. The molecule has 1 aromatic rings. The molecule has 0 radical (unpaired) electrons. The van der Waals surface area contributed by atoms with Crippen LogP contribution < -0.4 is 5.73 Å². The van der Waals surface area contributed by atoms with E-state index in [1.54, 1.807) is 33.8 Å². The lowest BCUT2D eigenvalue weighted by Gasteiger charge is -2.19. The van der Waals surface area contributed by atoms with Gasteiger partial charge in [-0.2, -0.15) is 0 Å². The Bertz CT molecular complexity index is 600. The number of nitrogen functional groups attached to an aromatic ring is 1. The van der Waals surface area contributed by atoms with Crippen LogP contribution in [-0.4, -0.2) is 25.7 Å². The third-order valence-electron chi connectivity index (χ3n) is 2.90. The molecule has 0 aliphatic carbocycles. The van der Waals surface area contributed by atoms with Gasteiger partial charge in [0.15, 0.2) is 9.84 Å². The van der Waals surface area contributed by atoms with Crippen molar-refractivity contribution in [1.82, 2.24) is 0 Å². The molecule has 0 aliphatic heterocycles. The molecule has 0 fully saturated rings. The highest BCUT2D eigenvalue weighted by Gasteiger charge is 2.29. The third kappa shape index (κ3) is 3.72. The zero-order valence-electron chi connectivity index (χ0n) is 12.3. The van der Waals surface area contributed by atoms with Crippen LogP contribution in [0.2, 0.25) is 0 Å². The second-order valence-corrected chi connectivity index (χ2v) is 8.26. The van der Waals surface area contributed by atoms with E-state index in [1.165, 1.54) is 12.1 Å². The van der Waals surface area contributed by atoms with Crippen molar-refractivity contribution >= 4 is 21.5 Å². The van der Waals surface area contributed by atoms with Crippen LogP contribution in [0, 0.1) is 0 Å². The van der Waals surface area contributed by atoms with Gasteiger partial charge in [0, 0.05) is 5.69 Å². The molecule has 0 amide bonds. The maximum absolute atomic E-state index is 12.2. The summed E-state index contributed by atoms with van der Waals surface area (Å²) in [6.45, 7) is 6.87. The number of ether oxygens (including phenoxy) is 1. The number of anilines is 1. The number of carbonyl (C=O) groups is 1. The Kier molecular flexibility index (Phi) is 4.81. The van der Waals surface area contributed by atoms with Gasteiger partial charge < -0.3 is 10.5 Å². The summed E-state index contributed by atoms with van der Waals surface area (Å²) in [5.74, 6) is -0.677. The van der Waals surface area contributed by atoms with Gasteiger partial charge in [0.25, 0.3) is 0 Å². The molecule has 0 saturated heterocycles. The molecule has 20 heavy (non-hydrogen) atoms. The van der Waals surface area contributed by atoms with Crippen LogP contribution in [0.4, 0.5) is 5.69 Å². The smallest absolute Gasteiger partial charge is 0.340 e. The lowest BCUT2D eigenvalue weighted by Crippen LogP contribution is -2.29. The van der Waals surface area contributed by atoms with Crippen molar-refractivity contribution in [1.29, 1.82) is 0 Å². The van der Waals surface area contributed by atoms with Crippen LogP contribution in [0.15, 0.2) is 18.2 Å². The van der Waals surface area contributed by atoms with Crippen molar-refractivity contribution in [3.8, 4) is 0 Å². The van der Waals surface area contributed by atoms with Gasteiger partial charge in [-0.3, -0.25) is 0 Å². The normalized spacial score (nSPS) is 12.2. The van der Waals surface area contributed by atoms with Crippen molar-refractivity contribution in [2.75, 3.05) is 12.3 Å². The Morgan fingerprint density at radius 1 is 1.30 bits per heavy atom. The summed E-state index contributed by atoms with van der Waals surface area (Å²) < 4.78 is 28.4. The van der Waals surface area contributed by atoms with Crippen molar-refractivity contribution in [2.45, 2.75) is 38.2 Å². The molecule has 2 N–H and O–H groups in total. The summed E-state index contributed by atoms with van der Waals surface area (Å²) in [4.78, 5) is 11.7. The topological polar surface area (TPSA) is 86.5 Å². The largest absolute Gasteiger partial charge is 0.462 e. The molecular weight excluding hydrogens is 278 g/mol. The van der Waals surface area contributed by atoms with Gasteiger partial charge in [-0.05, 0) is 45.4 Å². The Morgan fingerprint density at radius 3 is 2.40 bits per heavy atom. The van der Waals surface area contributed by atoms with Crippen LogP contribution in [0.3, 0.4) is 0 Å². The first-order valence-corrected chi connectivity index (χ1v) is 8.01. The zero-order chi connectivity index (χ0) is 15.6. The molecule has 1 rings (SSSR count). The van der Waals surface area contributed by atoms with E-state index in [0.29, 0.717) is 5.56 Å². The number of rotatable bonds is 4. The van der Waals surface area contributed by atoms with E-state index in [2.05, 4.69) is 0 Å². The van der Waals surface area contributed by atoms with E-state index >= 15 is 0 Å². The van der Waals surface area contributed by atoms with E-state index in [9.17, 15) is 13.2 Å². The first kappa shape index (κ1) is 16.5. The fraction of sp³-hybridized carbons (Fsp3) is 0.500. The maximum Gasteiger partial charge on any atom is 0.340 e. The molecule has 0 aliphatic rings. The highest BCUT2D eigenvalue weighted by Crippen LogP contribution is 2.23. The van der Waals surface area contributed by atoms with Gasteiger partial charge in [0.2, 0.25) is 0 Å². The average molecular weight is 299 g/mol. The molecule has 0 heterocycles. The van der Waals surface area contributed by atoms with Crippen molar-refractivity contribution in [3.63, 3.8) is 0 Å². The SMILES string of the molecule is CCOC(=O)c1cc(CS(=O)(=O)C(C)(C)C)ccc1N. The van der Waals surface area contributed by atoms with Crippen LogP contribution in [0.1, 0.15) is 43.6 Å². The predicted molar refractivity (Wildman–Crippen MR) is 79.2 cm³/mol. The summed E-state index contributed by atoms with van der Waals surface area (Å²) in [5.41, 5.74) is 6.73. The van der Waals surface area contributed by atoms with Gasteiger partial charge in [-0.15, -0.1) is 0 Å². The molecule has 112 valence electrons. The molecule has 6 heteroatoms. The molecular formula is C14H21NO4S. The van der Waals surface area contributed by atoms with Crippen LogP contribution in [-0.2, 0) is 20.3 Å². The van der Waals surface area contributed by atoms with Gasteiger partial charge in [-0.25, -0.2) is 13.2 Å². The van der Waals surface area contributed by atoms with Crippen LogP contribution >= 0.6 is 0 Å². The maximum atomic E-state index is 12.2. The number of esters is 1. The fourth-order valence-electron chi connectivity index (χ4n) is 1.51. The summed E-state index contributed by atoms with van der Waals surface area (Å²) in [6.07, 6.45) is 0. The Labute approximate surface area is 120 Å². The molecule has 5 nitrogen and oxygen atoms in total. The van der Waals surface area contributed by atoms with Crippen LogP contribution in [0.25, 0.3) is 0 Å². The van der Waals surface area contributed by atoms with Gasteiger partial charge >= 0.3 is 5.97 Å². The van der Waals surface area contributed by atoms with Gasteiger partial charge in [-0.1, -0.05) is 6.07 Å². The molecule has 0 bridgehead atoms. The minimum Gasteiger partial charge on any atom is -0.462 e. The molecule has 0 unspecified atom stereocenters. The predicted octanol–water partition coefficient (Wildman–Crippen LogP) is 2.16. The van der Waals surface area contributed by atoms with Crippen molar-refractivity contribution in [3.05, 3.63) is 29.3 Å². The summed E-state index contributed by atoms with van der Waals surface area (Å²) in [6, 6.07) is 4.62. The number of benzene rings is 1. The third-order valence-corrected chi connectivity index (χ3v) is 5.48. The molecule has 0 atom stereocenters. The van der Waals surface area contributed by atoms with Gasteiger partial charge in [0.1, 0.15) is 0 Å². The fourth-order valence-corrected chi connectivity index (χ4v) is 2.57. The highest BCUT2D eigenvalue weighted by atomic mass is 32.2. The number of carbonyl (C=O) groups excluding carboxylic acids is 1. The molecule has 1 aromatic carbocycles. The number of nitrogens with two attached hydrogens (primary N) is 1. The molecule has 0 spiro atoms. The van der Waals surface area contributed by atoms with Crippen molar-refractivity contribution < 1.29 is 17.9 Å². The lowest BCUT2D eigenvalue weighted by molar-refractivity contribution is 0.0527. The van der Waals surface area contributed by atoms with E-state index in [0.717, 1.165) is 0 Å². The zero-order valence-corrected chi connectivity index (χ0v) is 13.1. The number of hydrogen-bond acceptors (Lipinski definition) is 5. The first-order chi connectivity index (χ1) is 9.08. The Morgan fingerprint density at radius 2 is 1.90 bits per heavy atom. The first-order valence-electron chi connectivity index (χ1n) is 6.36.